The van der Waals surface area contributed by atoms with Crippen molar-refractivity contribution in [3.05, 3.63) is 36.5 Å². The second-order valence-corrected chi connectivity index (χ2v) is 16.9. The number of carbonyl (C=O) groups excluding carboxylic acids is 2. The van der Waals surface area contributed by atoms with Crippen LogP contribution in [0.4, 0.5) is 0 Å². The molecule has 1 fully saturated rings. The summed E-state index contributed by atoms with van der Waals surface area (Å²) in [6.07, 6.45) is 40.1. The second-order valence-electron chi connectivity index (χ2n) is 16.9. The highest BCUT2D eigenvalue weighted by molar-refractivity contribution is 5.70. The number of hydrogen-bond donors (Lipinski definition) is 4. The van der Waals surface area contributed by atoms with E-state index in [1.165, 1.54) is 135 Å². The number of aliphatic hydroxyl groups is 4. The number of hydrogen-bond acceptors (Lipinski definition) is 10. The molecule has 0 saturated carbocycles. The topological polar surface area (TPSA) is 152 Å². The SMILES string of the molecule is CCCCCCCC/C=C/C/C=C/C/C=C/CCCC(=O)O[C@@H](COC(=O)CCCCCCCCCCCCCCCCCCCC)CO[C@H]1O[C@@H](CO)[C@@H](O)C(O)C1O. The number of ether oxygens (including phenoxy) is 4. The molecular formula is C50H90O10. The van der Waals surface area contributed by atoms with Crippen molar-refractivity contribution in [2.75, 3.05) is 19.8 Å². The molecule has 0 radical (unpaired) electrons. The number of aliphatic hydroxyl groups excluding tert-OH is 4. The average Bonchev–Trinajstić information content (AvgIpc) is 3.25. The van der Waals surface area contributed by atoms with Crippen molar-refractivity contribution in [2.24, 2.45) is 0 Å². The molecule has 1 aliphatic rings. The monoisotopic (exact) mass is 851 g/mol. The lowest BCUT2D eigenvalue weighted by Crippen LogP contribution is -2.59. The molecule has 10 nitrogen and oxygen atoms in total. The van der Waals surface area contributed by atoms with E-state index in [9.17, 15) is 30.0 Å². The van der Waals surface area contributed by atoms with Crippen LogP contribution < -0.4 is 0 Å². The van der Waals surface area contributed by atoms with Crippen molar-refractivity contribution in [1.82, 2.24) is 0 Å². The number of unbranched alkanes of at least 4 members (excludes halogenated alkanes) is 24. The molecular weight excluding hydrogens is 761 g/mol. The van der Waals surface area contributed by atoms with Gasteiger partial charge < -0.3 is 39.4 Å². The lowest BCUT2D eigenvalue weighted by atomic mass is 9.99. The van der Waals surface area contributed by atoms with Gasteiger partial charge in [-0.15, -0.1) is 0 Å². The summed E-state index contributed by atoms with van der Waals surface area (Å²) >= 11 is 0. The predicted octanol–water partition coefficient (Wildman–Crippen LogP) is 11.1. The van der Waals surface area contributed by atoms with Crippen molar-refractivity contribution in [1.29, 1.82) is 0 Å². The van der Waals surface area contributed by atoms with Gasteiger partial charge in [0.15, 0.2) is 12.4 Å². The first kappa shape index (κ1) is 55.9. The summed E-state index contributed by atoms with van der Waals surface area (Å²) in [7, 11) is 0. The molecule has 0 aliphatic carbocycles. The molecule has 0 amide bonds. The van der Waals surface area contributed by atoms with Crippen LogP contribution in [0.5, 0.6) is 0 Å². The molecule has 0 aromatic rings. The van der Waals surface area contributed by atoms with Gasteiger partial charge in [0.05, 0.1) is 13.2 Å². The zero-order valence-corrected chi connectivity index (χ0v) is 38.2. The average molecular weight is 851 g/mol. The van der Waals surface area contributed by atoms with E-state index in [0.29, 0.717) is 12.8 Å². The van der Waals surface area contributed by atoms with E-state index < -0.39 is 49.4 Å². The van der Waals surface area contributed by atoms with Crippen molar-refractivity contribution < 1.29 is 49.0 Å². The van der Waals surface area contributed by atoms with Crippen LogP contribution in [-0.2, 0) is 28.5 Å². The Balaban J connectivity index is 2.32. The highest BCUT2D eigenvalue weighted by Gasteiger charge is 2.44. The van der Waals surface area contributed by atoms with E-state index in [1.807, 2.05) is 6.08 Å². The molecule has 1 heterocycles. The van der Waals surface area contributed by atoms with Gasteiger partial charge in [0.2, 0.25) is 0 Å². The molecule has 1 rings (SSSR count). The summed E-state index contributed by atoms with van der Waals surface area (Å²) in [5.41, 5.74) is 0. The van der Waals surface area contributed by atoms with E-state index in [0.717, 1.165) is 38.5 Å². The zero-order chi connectivity index (χ0) is 43.7. The Labute approximate surface area is 366 Å². The summed E-state index contributed by atoms with van der Waals surface area (Å²) in [6.45, 7) is 3.39. The van der Waals surface area contributed by atoms with Gasteiger partial charge in [-0.25, -0.2) is 0 Å². The number of esters is 2. The molecule has 350 valence electrons. The molecule has 1 saturated heterocycles. The van der Waals surface area contributed by atoms with Gasteiger partial charge in [-0.3, -0.25) is 9.59 Å². The quantitative estimate of drug-likeness (QED) is 0.0266. The third-order valence-electron chi connectivity index (χ3n) is 11.3. The molecule has 0 bridgehead atoms. The molecule has 10 heteroatoms. The Morgan fingerprint density at radius 1 is 0.517 bits per heavy atom. The van der Waals surface area contributed by atoms with Crippen LogP contribution in [0.2, 0.25) is 0 Å². The van der Waals surface area contributed by atoms with Gasteiger partial charge in [0, 0.05) is 12.8 Å². The highest BCUT2D eigenvalue weighted by Crippen LogP contribution is 2.23. The smallest absolute Gasteiger partial charge is 0.306 e. The molecule has 0 spiro atoms. The van der Waals surface area contributed by atoms with Crippen LogP contribution in [0.3, 0.4) is 0 Å². The van der Waals surface area contributed by atoms with Crippen molar-refractivity contribution in [3.63, 3.8) is 0 Å². The molecule has 60 heavy (non-hydrogen) atoms. The fraction of sp³-hybridized carbons (Fsp3) is 0.840. The largest absolute Gasteiger partial charge is 0.462 e. The second kappa shape index (κ2) is 41.0. The molecule has 0 aromatic heterocycles. The van der Waals surface area contributed by atoms with Crippen molar-refractivity contribution in [3.8, 4) is 0 Å². The van der Waals surface area contributed by atoms with Crippen LogP contribution in [-0.4, -0.2) is 89.0 Å². The van der Waals surface area contributed by atoms with Gasteiger partial charge in [-0.2, -0.15) is 0 Å². The molecule has 1 aliphatic heterocycles. The van der Waals surface area contributed by atoms with Gasteiger partial charge in [-0.05, 0) is 44.9 Å². The highest BCUT2D eigenvalue weighted by atomic mass is 16.7. The summed E-state index contributed by atoms with van der Waals surface area (Å²) in [6, 6.07) is 0. The first-order valence-electron chi connectivity index (χ1n) is 24.6. The lowest BCUT2D eigenvalue weighted by Gasteiger charge is -2.39. The van der Waals surface area contributed by atoms with Crippen LogP contribution in [0.1, 0.15) is 213 Å². The normalized spacial score (nSPS) is 20.1. The minimum absolute atomic E-state index is 0.160. The van der Waals surface area contributed by atoms with E-state index in [1.54, 1.807) is 0 Å². The van der Waals surface area contributed by atoms with Crippen LogP contribution >= 0.6 is 0 Å². The standard InChI is InChI=1S/C50H90O10/c1-3-5-7-9-11-13-15-17-19-21-23-24-26-28-30-32-34-36-38-45(52)57-41-43(42-58-50-49(56)48(55)47(54)44(40-51)60-50)59-46(53)39-37-35-33-31-29-27-25-22-20-18-16-14-12-10-8-6-4-2/h18,20,25,27,31,33,43-44,47-51,54-56H,3-17,19,21-24,26,28-30,32,34-42H2,1-2H3/b20-18+,27-25+,33-31+/t43-,44-,47+,48?,49?,50-/m0/s1. The molecule has 2 unspecified atom stereocenters. The first-order valence-corrected chi connectivity index (χ1v) is 24.6. The van der Waals surface area contributed by atoms with E-state index >= 15 is 0 Å². The fourth-order valence-corrected chi connectivity index (χ4v) is 7.38. The van der Waals surface area contributed by atoms with Gasteiger partial charge in [0.1, 0.15) is 31.0 Å². The summed E-state index contributed by atoms with van der Waals surface area (Å²) < 4.78 is 22.2. The summed E-state index contributed by atoms with van der Waals surface area (Å²) in [5.74, 6) is -0.859. The van der Waals surface area contributed by atoms with Crippen molar-refractivity contribution >= 4 is 11.9 Å². The molecule has 4 N–H and O–H groups in total. The van der Waals surface area contributed by atoms with Gasteiger partial charge >= 0.3 is 11.9 Å². The maximum absolute atomic E-state index is 12.8. The van der Waals surface area contributed by atoms with E-state index in [-0.39, 0.29) is 32.0 Å². The Hall–Kier alpha value is -2.08. The third-order valence-corrected chi connectivity index (χ3v) is 11.3. The van der Waals surface area contributed by atoms with Crippen LogP contribution in [0.15, 0.2) is 36.5 Å². The Morgan fingerprint density at radius 2 is 0.950 bits per heavy atom. The Kier molecular flexibility index (Phi) is 38.2. The minimum Gasteiger partial charge on any atom is -0.462 e. The van der Waals surface area contributed by atoms with Gasteiger partial charge in [-0.1, -0.05) is 192 Å². The minimum atomic E-state index is -1.60. The Morgan fingerprint density at radius 3 is 1.45 bits per heavy atom. The summed E-state index contributed by atoms with van der Waals surface area (Å²) in [5, 5.41) is 40.1. The fourth-order valence-electron chi connectivity index (χ4n) is 7.38. The van der Waals surface area contributed by atoms with Crippen LogP contribution in [0, 0.1) is 0 Å². The predicted molar refractivity (Wildman–Crippen MR) is 242 cm³/mol. The Bertz CT molecular complexity index is 1080. The van der Waals surface area contributed by atoms with E-state index in [2.05, 4.69) is 44.2 Å². The maximum Gasteiger partial charge on any atom is 0.306 e. The summed E-state index contributed by atoms with van der Waals surface area (Å²) in [4.78, 5) is 25.4. The number of rotatable bonds is 41. The van der Waals surface area contributed by atoms with Crippen LogP contribution in [0.25, 0.3) is 0 Å². The first-order chi connectivity index (χ1) is 29.3. The van der Waals surface area contributed by atoms with Crippen molar-refractivity contribution in [2.45, 2.75) is 250 Å². The number of carbonyl (C=O) groups is 2. The van der Waals surface area contributed by atoms with Gasteiger partial charge in [0.25, 0.3) is 0 Å². The zero-order valence-electron chi connectivity index (χ0n) is 38.2. The molecule has 6 atom stereocenters. The maximum atomic E-state index is 12.8. The molecule has 0 aromatic carbocycles. The van der Waals surface area contributed by atoms with E-state index in [4.69, 9.17) is 18.9 Å². The lowest BCUT2D eigenvalue weighted by molar-refractivity contribution is -0.305. The number of allylic oxidation sites excluding steroid dienone is 6. The third kappa shape index (κ3) is 31.7.